The number of amidine groups is 1. The highest BCUT2D eigenvalue weighted by atomic mass is 32.1. The molecule has 2 aromatic heterocycles. The van der Waals surface area contributed by atoms with Crippen LogP contribution in [0.3, 0.4) is 0 Å². The number of fused-ring (bicyclic) bond motifs is 3. The first-order chi connectivity index (χ1) is 12.7. The number of ether oxygens (including phenoxy) is 4. The lowest BCUT2D eigenvalue weighted by atomic mass is 10.3. The zero-order valence-corrected chi connectivity index (χ0v) is 15.5. The Labute approximate surface area is 154 Å². The maximum Gasteiger partial charge on any atom is 0.515 e. The van der Waals surface area contributed by atoms with Crippen molar-refractivity contribution in [2.24, 2.45) is 4.99 Å². The van der Waals surface area contributed by atoms with Gasteiger partial charge in [-0.15, -0.1) is 11.3 Å². The quantitative estimate of drug-likeness (QED) is 0.604. The summed E-state index contributed by atoms with van der Waals surface area (Å²) in [5, 5.41) is 5.22. The average Bonchev–Trinajstić information content (AvgIpc) is 3.23. The fourth-order valence-electron chi connectivity index (χ4n) is 2.49. The number of hydrogen-bond acceptors (Lipinski definition) is 9. The molecular formula is C16H20N4O5S. The first kappa shape index (κ1) is 18.4. The zero-order valence-electron chi connectivity index (χ0n) is 14.7. The van der Waals surface area contributed by atoms with Crippen LogP contribution in [0.25, 0.3) is 5.69 Å². The first-order valence-corrected chi connectivity index (χ1v) is 8.88. The second-order valence-electron chi connectivity index (χ2n) is 5.23. The Bertz CT molecular complexity index is 796. The number of nitrogens with one attached hydrogen (secondary N) is 1. The molecule has 3 rings (SSSR count). The van der Waals surface area contributed by atoms with Gasteiger partial charge < -0.3 is 24.3 Å². The third kappa shape index (κ3) is 3.71. The van der Waals surface area contributed by atoms with E-state index in [1.165, 1.54) is 0 Å². The topological polar surface area (TPSA) is 96.2 Å². The number of carbonyl (C=O) groups excluding carboxylic acids is 1. The number of carbonyl (C=O) groups is 1. The van der Waals surface area contributed by atoms with E-state index in [0.717, 1.165) is 16.4 Å². The monoisotopic (exact) mass is 380 g/mol. The lowest BCUT2D eigenvalue weighted by molar-refractivity contribution is -0.0965. The van der Waals surface area contributed by atoms with Gasteiger partial charge in [0.05, 0.1) is 30.3 Å². The van der Waals surface area contributed by atoms with Crippen molar-refractivity contribution in [3.8, 4) is 11.6 Å². The molecule has 1 aliphatic heterocycles. The van der Waals surface area contributed by atoms with Gasteiger partial charge in [-0.25, -0.2) is 9.78 Å². The Kier molecular flexibility index (Phi) is 5.86. The Morgan fingerprint density at radius 3 is 2.96 bits per heavy atom. The van der Waals surface area contributed by atoms with Gasteiger partial charge in [0.1, 0.15) is 17.9 Å². The van der Waals surface area contributed by atoms with Crippen LogP contribution in [0.2, 0.25) is 0 Å². The second-order valence-corrected chi connectivity index (χ2v) is 6.15. The molecule has 0 aromatic carbocycles. The normalized spacial score (nSPS) is 12.8. The molecule has 10 heteroatoms. The molecule has 26 heavy (non-hydrogen) atoms. The molecule has 0 saturated carbocycles. The van der Waals surface area contributed by atoms with Gasteiger partial charge in [0, 0.05) is 14.2 Å². The van der Waals surface area contributed by atoms with Gasteiger partial charge in [-0.05, 0) is 18.4 Å². The largest absolute Gasteiger partial charge is 0.515 e. The summed E-state index contributed by atoms with van der Waals surface area (Å²) in [6, 6.07) is 1.96. The van der Waals surface area contributed by atoms with E-state index < -0.39 is 6.16 Å². The number of hydrogen-bond donors (Lipinski definition) is 1. The third-order valence-electron chi connectivity index (χ3n) is 3.74. The molecule has 1 N–H and O–H groups in total. The third-order valence-corrected chi connectivity index (χ3v) is 4.65. The molecule has 0 aliphatic carbocycles. The van der Waals surface area contributed by atoms with E-state index in [2.05, 4.69) is 15.3 Å². The minimum atomic E-state index is -0.783. The van der Waals surface area contributed by atoms with Crippen molar-refractivity contribution in [3.63, 3.8) is 0 Å². The van der Waals surface area contributed by atoms with Gasteiger partial charge in [0.2, 0.25) is 5.88 Å². The Hall–Kier alpha value is -2.43. The molecule has 0 amide bonds. The van der Waals surface area contributed by atoms with Crippen LogP contribution in [0.1, 0.15) is 17.5 Å². The van der Waals surface area contributed by atoms with E-state index in [9.17, 15) is 4.79 Å². The van der Waals surface area contributed by atoms with Crippen LogP contribution in [-0.4, -0.2) is 55.2 Å². The molecule has 0 fully saturated rings. The fraction of sp³-hybridized carbons (Fsp3) is 0.438. The van der Waals surface area contributed by atoms with Crippen LogP contribution < -0.4 is 10.1 Å². The van der Waals surface area contributed by atoms with Crippen molar-refractivity contribution in [3.05, 3.63) is 28.3 Å². The highest BCUT2D eigenvalue weighted by molar-refractivity contribution is 7.12. The minimum Gasteiger partial charge on any atom is -0.434 e. The highest BCUT2D eigenvalue weighted by Crippen LogP contribution is 2.30. The number of aliphatic imine (C=N–C) groups is 1. The average molecular weight is 380 g/mol. The van der Waals surface area contributed by atoms with Gasteiger partial charge >= 0.3 is 6.16 Å². The lowest BCUT2D eigenvalue weighted by Crippen LogP contribution is -2.34. The van der Waals surface area contributed by atoms with Crippen molar-refractivity contribution in [1.82, 2.24) is 14.9 Å². The molecule has 140 valence electrons. The summed E-state index contributed by atoms with van der Waals surface area (Å²) in [5.41, 5.74) is 1.58. The molecule has 0 spiro atoms. The van der Waals surface area contributed by atoms with E-state index in [1.54, 1.807) is 38.8 Å². The smallest absolute Gasteiger partial charge is 0.434 e. The summed E-state index contributed by atoms with van der Waals surface area (Å²) in [4.78, 5) is 21.4. The Morgan fingerprint density at radius 1 is 1.42 bits per heavy atom. The van der Waals surface area contributed by atoms with Crippen LogP contribution in [0.15, 0.2) is 22.8 Å². The van der Waals surface area contributed by atoms with Crippen LogP contribution in [0.4, 0.5) is 4.79 Å². The molecule has 0 atom stereocenters. The lowest BCUT2D eigenvalue weighted by Gasteiger charge is -2.15. The van der Waals surface area contributed by atoms with Crippen molar-refractivity contribution in [2.45, 2.75) is 19.8 Å². The van der Waals surface area contributed by atoms with Crippen LogP contribution >= 0.6 is 11.3 Å². The number of thiophene rings is 1. The maximum absolute atomic E-state index is 11.6. The molecule has 0 unspecified atom stereocenters. The standard InChI is InChI=1S/C16H20N4O5S/c1-4-24-16(21)25-15-11-7-17-14(18-8-12(22-2)23-3)13-10(5-6-26-13)20(11)9-19-15/h5-6,9,12H,4,7-8H2,1-3H3,(H,17,18). The summed E-state index contributed by atoms with van der Waals surface area (Å²) < 4.78 is 22.3. The van der Waals surface area contributed by atoms with Gasteiger partial charge in [0.15, 0.2) is 6.29 Å². The summed E-state index contributed by atoms with van der Waals surface area (Å²) in [6.45, 7) is 2.68. The number of imidazole rings is 1. The minimum absolute atomic E-state index is 0.192. The summed E-state index contributed by atoms with van der Waals surface area (Å²) >= 11 is 1.55. The summed E-state index contributed by atoms with van der Waals surface area (Å²) in [7, 11) is 3.16. The highest BCUT2D eigenvalue weighted by Gasteiger charge is 2.24. The molecule has 0 saturated heterocycles. The number of aromatic nitrogens is 2. The first-order valence-electron chi connectivity index (χ1n) is 8.00. The maximum atomic E-state index is 11.6. The van der Waals surface area contributed by atoms with Gasteiger partial charge in [0.25, 0.3) is 0 Å². The molecule has 0 bridgehead atoms. The van der Waals surface area contributed by atoms with Crippen LogP contribution in [0.5, 0.6) is 5.88 Å². The van der Waals surface area contributed by atoms with Crippen molar-refractivity contribution >= 4 is 23.3 Å². The molecular weight excluding hydrogens is 360 g/mol. The molecule has 0 radical (unpaired) electrons. The molecule has 2 aromatic rings. The molecule has 9 nitrogen and oxygen atoms in total. The van der Waals surface area contributed by atoms with Crippen LogP contribution in [-0.2, 0) is 20.8 Å². The Balaban J connectivity index is 1.86. The second kappa shape index (κ2) is 8.30. The van der Waals surface area contributed by atoms with Gasteiger partial charge in [-0.3, -0.25) is 9.56 Å². The fourth-order valence-corrected chi connectivity index (χ4v) is 3.36. The molecule has 1 aliphatic rings. The van der Waals surface area contributed by atoms with Crippen molar-refractivity contribution in [1.29, 1.82) is 0 Å². The number of rotatable bonds is 6. The number of nitrogens with zero attached hydrogens (tertiary/aromatic N) is 3. The van der Waals surface area contributed by atoms with E-state index in [1.807, 2.05) is 16.0 Å². The van der Waals surface area contributed by atoms with E-state index in [4.69, 9.17) is 18.9 Å². The molecule has 3 heterocycles. The SMILES string of the molecule is CCOC(=O)Oc1ncn2c1CN=C(NCC(OC)OC)c1sccc1-2. The van der Waals surface area contributed by atoms with Crippen molar-refractivity contribution < 1.29 is 23.7 Å². The predicted molar refractivity (Wildman–Crippen MR) is 95.1 cm³/mol. The summed E-state index contributed by atoms with van der Waals surface area (Å²) in [6.07, 6.45) is 0.447. The Morgan fingerprint density at radius 2 is 2.23 bits per heavy atom. The number of methoxy groups -OCH3 is 2. The van der Waals surface area contributed by atoms with Gasteiger partial charge in [-0.2, -0.15) is 0 Å². The van der Waals surface area contributed by atoms with Crippen LogP contribution in [0, 0.1) is 0 Å². The van der Waals surface area contributed by atoms with Crippen molar-refractivity contribution in [2.75, 3.05) is 27.4 Å². The predicted octanol–water partition coefficient (Wildman–Crippen LogP) is 1.94. The van der Waals surface area contributed by atoms with Gasteiger partial charge in [-0.1, -0.05) is 0 Å². The van der Waals surface area contributed by atoms with E-state index in [-0.39, 0.29) is 18.8 Å². The van der Waals surface area contributed by atoms with E-state index in [0.29, 0.717) is 18.8 Å². The van der Waals surface area contributed by atoms with E-state index >= 15 is 0 Å². The zero-order chi connectivity index (χ0) is 18.5. The summed E-state index contributed by atoms with van der Waals surface area (Å²) in [5.74, 6) is 0.914.